The average molecular weight is 431 g/mol. The number of hydrogen-bond acceptors (Lipinski definition) is 5. The lowest BCUT2D eigenvalue weighted by Crippen LogP contribution is -2.41. The van der Waals surface area contributed by atoms with Gasteiger partial charge in [0.25, 0.3) is 0 Å². The summed E-state index contributed by atoms with van der Waals surface area (Å²) >= 11 is 0. The number of hydrogen-bond donors (Lipinski definition) is 0. The van der Waals surface area contributed by atoms with Gasteiger partial charge in [-0.25, -0.2) is 9.18 Å². The van der Waals surface area contributed by atoms with Crippen molar-refractivity contribution in [2.24, 2.45) is 0 Å². The molecular weight excluding hydrogens is 400 g/mol. The molecule has 6 nitrogen and oxygen atoms in total. The van der Waals surface area contributed by atoms with E-state index in [4.69, 9.17) is 18.8 Å². The Bertz CT molecular complexity index is 976. The van der Waals surface area contributed by atoms with Gasteiger partial charge in [-0.05, 0) is 74.1 Å². The SMILES string of the molecule is CCc1c(F)ccc2cc(OC(C)OC(=O)N(C)C)cc(B3OC(C)(C)C(C)(C)O3)c12. The third-order valence-corrected chi connectivity index (χ3v) is 5.97. The van der Waals surface area contributed by atoms with E-state index in [0.29, 0.717) is 23.2 Å². The van der Waals surface area contributed by atoms with Gasteiger partial charge >= 0.3 is 13.2 Å². The second kappa shape index (κ2) is 8.32. The standard InChI is InChI=1S/C23H31BFNO5/c1-9-17-19(25)11-10-15-12-16(28-14(2)29-21(27)26(7)8)13-18(20(15)17)24-30-22(3,4)23(5,6)31-24/h10-14H,9H2,1-8H3. The first-order valence-corrected chi connectivity index (χ1v) is 10.5. The highest BCUT2D eigenvalue weighted by Gasteiger charge is 2.52. The minimum Gasteiger partial charge on any atom is -0.455 e. The molecule has 8 heteroatoms. The number of ether oxygens (including phenoxy) is 2. The molecule has 0 aromatic heterocycles. The van der Waals surface area contributed by atoms with Gasteiger partial charge in [0.05, 0.1) is 11.2 Å². The van der Waals surface area contributed by atoms with Crippen LogP contribution in [0.25, 0.3) is 10.8 Å². The van der Waals surface area contributed by atoms with Gasteiger partial charge in [0, 0.05) is 21.0 Å². The maximum atomic E-state index is 14.6. The summed E-state index contributed by atoms with van der Waals surface area (Å²) in [5.74, 6) is 0.208. The van der Waals surface area contributed by atoms with Crippen LogP contribution in [0.3, 0.4) is 0 Å². The summed E-state index contributed by atoms with van der Waals surface area (Å²) in [6, 6.07) is 6.75. The zero-order valence-corrected chi connectivity index (χ0v) is 19.5. The Morgan fingerprint density at radius 3 is 2.32 bits per heavy atom. The number of nitrogens with zero attached hydrogens (tertiary/aromatic N) is 1. The van der Waals surface area contributed by atoms with Gasteiger partial charge in [-0.1, -0.05) is 13.0 Å². The van der Waals surface area contributed by atoms with Crippen molar-refractivity contribution in [3.05, 3.63) is 35.6 Å². The van der Waals surface area contributed by atoms with Gasteiger partial charge < -0.3 is 23.7 Å². The van der Waals surface area contributed by atoms with Crippen LogP contribution in [0.2, 0.25) is 0 Å². The largest absolute Gasteiger partial charge is 0.495 e. The fourth-order valence-electron chi connectivity index (χ4n) is 3.55. The third-order valence-electron chi connectivity index (χ3n) is 5.97. The second-order valence-electron chi connectivity index (χ2n) is 9.04. The summed E-state index contributed by atoms with van der Waals surface area (Å²) in [5, 5.41) is 1.55. The molecular formula is C23H31BFNO5. The van der Waals surface area contributed by atoms with Crippen molar-refractivity contribution in [3.63, 3.8) is 0 Å². The lowest BCUT2D eigenvalue weighted by atomic mass is 9.74. The van der Waals surface area contributed by atoms with Gasteiger partial charge in [0.15, 0.2) is 0 Å². The Morgan fingerprint density at radius 2 is 1.77 bits per heavy atom. The third kappa shape index (κ3) is 4.50. The maximum Gasteiger partial charge on any atom is 0.495 e. The molecule has 31 heavy (non-hydrogen) atoms. The van der Waals surface area contributed by atoms with Crippen molar-refractivity contribution >= 4 is 29.4 Å². The molecule has 0 radical (unpaired) electrons. The highest BCUT2D eigenvalue weighted by molar-refractivity contribution is 6.65. The molecule has 1 aliphatic heterocycles. The summed E-state index contributed by atoms with van der Waals surface area (Å²) in [5.41, 5.74) is 0.193. The van der Waals surface area contributed by atoms with Crippen molar-refractivity contribution in [2.45, 2.75) is 65.5 Å². The summed E-state index contributed by atoms with van der Waals surface area (Å²) in [6.07, 6.45) is -0.799. The van der Waals surface area contributed by atoms with E-state index < -0.39 is 30.7 Å². The van der Waals surface area contributed by atoms with E-state index in [9.17, 15) is 9.18 Å². The second-order valence-corrected chi connectivity index (χ2v) is 9.04. The molecule has 0 saturated carbocycles. The van der Waals surface area contributed by atoms with Gasteiger partial charge in [-0.15, -0.1) is 0 Å². The minimum atomic E-state index is -0.815. The highest BCUT2D eigenvalue weighted by Crippen LogP contribution is 2.38. The topological polar surface area (TPSA) is 57.2 Å². The first-order valence-electron chi connectivity index (χ1n) is 10.5. The molecule has 1 aliphatic rings. The van der Waals surface area contributed by atoms with Gasteiger partial charge in [-0.2, -0.15) is 0 Å². The molecule has 1 unspecified atom stereocenters. The van der Waals surface area contributed by atoms with Crippen molar-refractivity contribution in [1.29, 1.82) is 0 Å². The zero-order chi connectivity index (χ0) is 23.1. The monoisotopic (exact) mass is 431 g/mol. The first-order chi connectivity index (χ1) is 14.4. The predicted octanol–water partition coefficient (Wildman–Crippen LogP) is 4.26. The molecule has 1 amide bonds. The molecule has 2 aromatic rings. The lowest BCUT2D eigenvalue weighted by Gasteiger charge is -2.32. The average Bonchev–Trinajstić information content (AvgIpc) is 2.88. The number of amides is 1. The van der Waals surface area contributed by atoms with Crippen molar-refractivity contribution in [3.8, 4) is 5.75 Å². The van der Waals surface area contributed by atoms with Gasteiger partial charge in [-0.3, -0.25) is 0 Å². The van der Waals surface area contributed by atoms with E-state index in [1.165, 1.54) is 11.0 Å². The molecule has 1 atom stereocenters. The number of fused-ring (bicyclic) bond motifs is 1. The molecule has 1 fully saturated rings. The van der Waals surface area contributed by atoms with Crippen LogP contribution in [0, 0.1) is 5.82 Å². The molecule has 2 aromatic carbocycles. The quantitative estimate of drug-likeness (QED) is 0.523. The van der Waals surface area contributed by atoms with Crippen LogP contribution in [-0.4, -0.2) is 49.7 Å². The Balaban J connectivity index is 2.08. The number of aryl methyl sites for hydroxylation is 1. The van der Waals surface area contributed by atoms with E-state index in [1.807, 2.05) is 40.7 Å². The first kappa shape index (κ1) is 23.4. The van der Waals surface area contributed by atoms with E-state index in [0.717, 1.165) is 10.8 Å². The fraction of sp³-hybridized carbons (Fsp3) is 0.522. The molecule has 3 rings (SSSR count). The van der Waals surface area contributed by atoms with Crippen molar-refractivity contribution in [1.82, 2.24) is 4.90 Å². The zero-order valence-electron chi connectivity index (χ0n) is 19.5. The Labute approximate surface area is 183 Å². The van der Waals surface area contributed by atoms with E-state index in [2.05, 4.69) is 0 Å². The lowest BCUT2D eigenvalue weighted by molar-refractivity contribution is -0.0286. The molecule has 0 N–H and O–H groups in total. The molecule has 168 valence electrons. The van der Waals surface area contributed by atoms with Crippen LogP contribution < -0.4 is 10.2 Å². The minimum absolute atomic E-state index is 0.269. The molecule has 1 saturated heterocycles. The van der Waals surface area contributed by atoms with Crippen LogP contribution in [0.15, 0.2) is 24.3 Å². The van der Waals surface area contributed by atoms with Crippen LogP contribution >= 0.6 is 0 Å². The Kier molecular flexibility index (Phi) is 6.26. The fourth-order valence-corrected chi connectivity index (χ4v) is 3.55. The number of carbonyl (C=O) groups excluding carboxylic acids is 1. The number of halogens is 1. The maximum absolute atomic E-state index is 14.6. The highest BCUT2D eigenvalue weighted by atomic mass is 19.1. The van der Waals surface area contributed by atoms with Gasteiger partial charge in [0.1, 0.15) is 11.6 Å². The van der Waals surface area contributed by atoms with E-state index in [-0.39, 0.29) is 5.82 Å². The molecule has 1 heterocycles. The van der Waals surface area contributed by atoms with Crippen LogP contribution in [0.1, 0.15) is 47.1 Å². The Morgan fingerprint density at radius 1 is 1.16 bits per heavy atom. The summed E-state index contributed by atoms with van der Waals surface area (Å²) in [6.45, 7) is 11.4. The van der Waals surface area contributed by atoms with E-state index in [1.54, 1.807) is 33.2 Å². The smallest absolute Gasteiger partial charge is 0.455 e. The van der Waals surface area contributed by atoms with Crippen LogP contribution in [0.5, 0.6) is 5.75 Å². The van der Waals surface area contributed by atoms with Crippen molar-refractivity contribution in [2.75, 3.05) is 14.1 Å². The number of rotatable bonds is 5. The van der Waals surface area contributed by atoms with Crippen molar-refractivity contribution < 1.29 is 28.0 Å². The molecule has 0 spiro atoms. The molecule has 0 aliphatic carbocycles. The Hall–Kier alpha value is -2.32. The van der Waals surface area contributed by atoms with Crippen LogP contribution in [-0.2, 0) is 20.5 Å². The molecule has 0 bridgehead atoms. The predicted molar refractivity (Wildman–Crippen MR) is 119 cm³/mol. The van der Waals surface area contributed by atoms with E-state index >= 15 is 0 Å². The summed E-state index contributed by atoms with van der Waals surface area (Å²) in [7, 11) is 2.51. The van der Waals surface area contributed by atoms with Gasteiger partial charge in [0.2, 0.25) is 6.29 Å². The number of benzene rings is 2. The number of carbonyl (C=O) groups is 1. The summed E-state index contributed by atoms with van der Waals surface area (Å²) < 4.78 is 38.3. The van der Waals surface area contributed by atoms with Crippen LogP contribution in [0.4, 0.5) is 9.18 Å². The normalized spacial score (nSPS) is 18.2. The summed E-state index contributed by atoms with van der Waals surface area (Å²) in [4.78, 5) is 13.2.